The van der Waals surface area contributed by atoms with E-state index < -0.39 is 0 Å². The number of halogens is 2. The Labute approximate surface area is 129 Å². The highest BCUT2D eigenvalue weighted by atomic mass is 35.5. The van der Waals surface area contributed by atoms with Crippen LogP contribution >= 0.6 is 23.2 Å². The van der Waals surface area contributed by atoms with Gasteiger partial charge in [-0.2, -0.15) is 0 Å². The number of rotatable bonds is 3. The molecule has 3 heteroatoms. The van der Waals surface area contributed by atoms with Crippen LogP contribution in [0.25, 0.3) is 11.1 Å². The Hall–Kier alpha value is -1.31. The van der Waals surface area contributed by atoms with Gasteiger partial charge in [0.1, 0.15) is 0 Å². The fourth-order valence-corrected chi connectivity index (χ4v) is 2.78. The van der Waals surface area contributed by atoms with E-state index in [0.29, 0.717) is 21.5 Å². The van der Waals surface area contributed by atoms with E-state index in [9.17, 15) is 4.79 Å². The quantitative estimate of drug-likeness (QED) is 0.637. The molecule has 0 unspecified atom stereocenters. The van der Waals surface area contributed by atoms with Crippen LogP contribution in [-0.2, 0) is 0 Å². The zero-order valence-electron chi connectivity index (χ0n) is 11.7. The van der Waals surface area contributed by atoms with Gasteiger partial charge in [-0.15, -0.1) is 0 Å². The molecule has 2 aromatic carbocycles. The van der Waals surface area contributed by atoms with E-state index in [1.165, 1.54) is 0 Å². The van der Waals surface area contributed by atoms with Crippen molar-refractivity contribution in [2.75, 3.05) is 0 Å². The van der Waals surface area contributed by atoms with Crippen molar-refractivity contribution in [3.8, 4) is 11.1 Å². The second kappa shape index (κ2) is 5.99. The molecule has 0 spiro atoms. The van der Waals surface area contributed by atoms with Crippen molar-refractivity contribution < 1.29 is 4.79 Å². The molecule has 0 saturated heterocycles. The monoisotopic (exact) mass is 306 g/mol. The number of Topliss-reactive ketones (excluding diaryl/α,β-unsaturated/α-hetero) is 1. The highest BCUT2D eigenvalue weighted by molar-refractivity contribution is 6.44. The van der Waals surface area contributed by atoms with Crippen molar-refractivity contribution in [3.05, 3.63) is 57.6 Å². The molecule has 0 saturated carbocycles. The third-order valence-corrected chi connectivity index (χ3v) is 4.23. The summed E-state index contributed by atoms with van der Waals surface area (Å²) in [5, 5.41) is 1.17. The molecule has 20 heavy (non-hydrogen) atoms. The van der Waals surface area contributed by atoms with E-state index in [0.717, 1.165) is 16.7 Å². The molecule has 2 rings (SSSR count). The second-order valence-electron chi connectivity index (χ2n) is 5.12. The molecule has 0 radical (unpaired) electrons. The molecule has 0 N–H and O–H groups in total. The van der Waals surface area contributed by atoms with Crippen molar-refractivity contribution in [2.24, 2.45) is 0 Å². The predicted octanol–water partition coefficient (Wildman–Crippen LogP) is 5.99. The zero-order valence-corrected chi connectivity index (χ0v) is 13.2. The Morgan fingerprint density at radius 3 is 2.05 bits per heavy atom. The van der Waals surface area contributed by atoms with Crippen LogP contribution in [0, 0.1) is 0 Å². The minimum atomic E-state index is 0.0517. The summed E-state index contributed by atoms with van der Waals surface area (Å²) in [4.78, 5) is 11.3. The van der Waals surface area contributed by atoms with Gasteiger partial charge in [0, 0.05) is 11.1 Å². The van der Waals surface area contributed by atoms with Crippen molar-refractivity contribution in [3.63, 3.8) is 0 Å². The lowest BCUT2D eigenvalue weighted by atomic mass is 9.97. The van der Waals surface area contributed by atoms with Gasteiger partial charge in [0.2, 0.25) is 0 Å². The first-order valence-corrected chi connectivity index (χ1v) is 7.26. The Kier molecular flexibility index (Phi) is 4.52. The fourth-order valence-electron chi connectivity index (χ4n) is 2.12. The van der Waals surface area contributed by atoms with Gasteiger partial charge in [0.25, 0.3) is 0 Å². The average Bonchev–Trinajstić information content (AvgIpc) is 2.41. The number of ketones is 1. The predicted molar refractivity (Wildman–Crippen MR) is 86.0 cm³/mol. The Morgan fingerprint density at radius 2 is 1.55 bits per heavy atom. The number of carbonyl (C=O) groups is 1. The SMILES string of the molecule is CC(=O)c1ccc(-c2ccc(C(C)C)c(Cl)c2Cl)cc1. The van der Waals surface area contributed by atoms with Gasteiger partial charge in [-0.25, -0.2) is 0 Å². The van der Waals surface area contributed by atoms with Gasteiger partial charge in [0.15, 0.2) is 5.78 Å². The molecular weight excluding hydrogens is 291 g/mol. The molecule has 0 fully saturated rings. The van der Waals surface area contributed by atoms with Crippen LogP contribution < -0.4 is 0 Å². The minimum Gasteiger partial charge on any atom is -0.295 e. The van der Waals surface area contributed by atoms with Crippen LogP contribution in [0.1, 0.15) is 42.6 Å². The number of carbonyl (C=O) groups excluding carboxylic acids is 1. The molecule has 1 nitrogen and oxygen atoms in total. The summed E-state index contributed by atoms with van der Waals surface area (Å²) in [6.45, 7) is 5.72. The normalized spacial score (nSPS) is 10.9. The highest BCUT2D eigenvalue weighted by Gasteiger charge is 2.13. The average molecular weight is 307 g/mol. The maximum atomic E-state index is 11.3. The summed E-state index contributed by atoms with van der Waals surface area (Å²) < 4.78 is 0. The van der Waals surface area contributed by atoms with E-state index >= 15 is 0 Å². The zero-order chi connectivity index (χ0) is 14.9. The van der Waals surface area contributed by atoms with E-state index in [2.05, 4.69) is 13.8 Å². The van der Waals surface area contributed by atoms with Crippen LogP contribution in [0.5, 0.6) is 0 Å². The first-order chi connectivity index (χ1) is 9.41. The van der Waals surface area contributed by atoms with Gasteiger partial charge < -0.3 is 0 Å². The van der Waals surface area contributed by atoms with E-state index in [-0.39, 0.29) is 5.78 Å². The standard InChI is InChI=1S/C17H16Cl2O/c1-10(2)14-8-9-15(17(19)16(14)18)13-6-4-12(5-7-13)11(3)20/h4-10H,1-3H3. The Morgan fingerprint density at radius 1 is 0.950 bits per heavy atom. The van der Waals surface area contributed by atoms with Crippen LogP contribution in [0.4, 0.5) is 0 Å². The van der Waals surface area contributed by atoms with Gasteiger partial charge in [-0.3, -0.25) is 4.79 Å². The van der Waals surface area contributed by atoms with Gasteiger partial charge >= 0.3 is 0 Å². The molecule has 0 heterocycles. The molecule has 2 aromatic rings. The number of hydrogen-bond donors (Lipinski definition) is 0. The summed E-state index contributed by atoms with van der Waals surface area (Å²) in [5.74, 6) is 0.380. The molecule has 0 bridgehead atoms. The molecule has 104 valence electrons. The summed E-state index contributed by atoms with van der Waals surface area (Å²) in [5.41, 5.74) is 3.57. The second-order valence-corrected chi connectivity index (χ2v) is 5.87. The molecular formula is C17H16Cl2O. The van der Waals surface area contributed by atoms with Crippen LogP contribution in [0.2, 0.25) is 10.0 Å². The first-order valence-electron chi connectivity index (χ1n) is 6.51. The Balaban J connectivity index is 2.48. The molecule has 0 atom stereocenters. The van der Waals surface area contributed by atoms with Crippen LogP contribution in [0.3, 0.4) is 0 Å². The number of benzene rings is 2. The molecule has 0 aliphatic carbocycles. The summed E-state index contributed by atoms with van der Waals surface area (Å²) in [6, 6.07) is 11.4. The van der Waals surface area contributed by atoms with Crippen molar-refractivity contribution >= 4 is 29.0 Å². The molecule has 0 aliphatic heterocycles. The third-order valence-electron chi connectivity index (χ3n) is 3.34. The van der Waals surface area contributed by atoms with Crippen LogP contribution in [-0.4, -0.2) is 5.78 Å². The largest absolute Gasteiger partial charge is 0.295 e. The number of hydrogen-bond acceptors (Lipinski definition) is 1. The van der Waals surface area contributed by atoms with Crippen LogP contribution in [0.15, 0.2) is 36.4 Å². The molecule has 0 aromatic heterocycles. The molecule has 0 amide bonds. The van der Waals surface area contributed by atoms with Crippen molar-refractivity contribution in [1.29, 1.82) is 0 Å². The summed E-state index contributed by atoms with van der Waals surface area (Å²) in [7, 11) is 0. The van der Waals surface area contributed by atoms with Gasteiger partial charge in [-0.1, -0.05) is 73.4 Å². The summed E-state index contributed by atoms with van der Waals surface area (Å²) in [6.07, 6.45) is 0. The van der Waals surface area contributed by atoms with E-state index in [1.807, 2.05) is 24.3 Å². The maximum absolute atomic E-state index is 11.3. The summed E-state index contributed by atoms with van der Waals surface area (Å²) >= 11 is 12.7. The Bertz CT molecular complexity index is 643. The van der Waals surface area contributed by atoms with Gasteiger partial charge in [0.05, 0.1) is 10.0 Å². The smallest absolute Gasteiger partial charge is 0.159 e. The van der Waals surface area contributed by atoms with Crippen molar-refractivity contribution in [1.82, 2.24) is 0 Å². The lowest BCUT2D eigenvalue weighted by molar-refractivity contribution is 0.101. The van der Waals surface area contributed by atoms with E-state index in [4.69, 9.17) is 23.2 Å². The van der Waals surface area contributed by atoms with E-state index in [1.54, 1.807) is 19.1 Å². The lowest BCUT2D eigenvalue weighted by Gasteiger charge is -2.13. The third kappa shape index (κ3) is 2.89. The minimum absolute atomic E-state index is 0.0517. The topological polar surface area (TPSA) is 17.1 Å². The fraction of sp³-hybridized carbons (Fsp3) is 0.235. The lowest BCUT2D eigenvalue weighted by Crippen LogP contribution is -1.93. The highest BCUT2D eigenvalue weighted by Crippen LogP contribution is 2.38. The first kappa shape index (κ1) is 15.1. The molecule has 0 aliphatic rings. The van der Waals surface area contributed by atoms with Gasteiger partial charge in [-0.05, 0) is 24.0 Å². The maximum Gasteiger partial charge on any atom is 0.159 e. The van der Waals surface area contributed by atoms with Crippen molar-refractivity contribution in [2.45, 2.75) is 26.7 Å².